The number of benzene rings is 3. The molecule has 3 aromatic carbocycles. The number of oxime groups is 1. The number of aromatic nitrogens is 2. The maximum absolute atomic E-state index is 11.1. The van der Waals surface area contributed by atoms with E-state index >= 15 is 0 Å². The third kappa shape index (κ3) is 5.25. The molecule has 0 bridgehead atoms. The van der Waals surface area contributed by atoms with Gasteiger partial charge in [-0.05, 0) is 47.0 Å². The Labute approximate surface area is 210 Å². The van der Waals surface area contributed by atoms with Gasteiger partial charge < -0.3 is 24.1 Å². The summed E-state index contributed by atoms with van der Waals surface area (Å²) < 4.78 is 7.12. The minimum absolute atomic E-state index is 0.136. The summed E-state index contributed by atoms with van der Waals surface area (Å²) in [5.74, 6) is -1.70. The van der Waals surface area contributed by atoms with Gasteiger partial charge in [0.25, 0.3) is 0 Å². The predicted molar refractivity (Wildman–Crippen MR) is 137 cm³/mol. The highest BCUT2D eigenvalue weighted by atomic mass is 16.6. The van der Waals surface area contributed by atoms with Crippen molar-refractivity contribution in [2.24, 2.45) is 5.16 Å². The van der Waals surface area contributed by atoms with Gasteiger partial charge >= 0.3 is 11.9 Å². The van der Waals surface area contributed by atoms with Crippen LogP contribution in [0.3, 0.4) is 0 Å². The van der Waals surface area contributed by atoms with Crippen LogP contribution in [0.15, 0.2) is 94.7 Å². The summed E-state index contributed by atoms with van der Waals surface area (Å²) in [6.07, 6.45) is 3.53. The lowest BCUT2D eigenvalue weighted by Crippen LogP contribution is -1.99. The van der Waals surface area contributed by atoms with Gasteiger partial charge in [0.1, 0.15) is 6.61 Å². The fraction of sp³-hybridized carbons (Fsp3) is 0.0714. The van der Waals surface area contributed by atoms with Gasteiger partial charge in [-0.15, -0.1) is 0 Å². The molecule has 5 rings (SSSR count). The van der Waals surface area contributed by atoms with E-state index < -0.39 is 11.9 Å². The smallest absolute Gasteiger partial charge is 0.358 e. The summed E-state index contributed by atoms with van der Waals surface area (Å²) in [7, 11) is 0. The van der Waals surface area contributed by atoms with Crippen molar-refractivity contribution in [3.05, 3.63) is 102 Å². The molecule has 5 aromatic rings. The van der Waals surface area contributed by atoms with E-state index in [-0.39, 0.29) is 11.3 Å². The van der Waals surface area contributed by atoms with Crippen LogP contribution in [0.1, 0.15) is 26.4 Å². The van der Waals surface area contributed by atoms with E-state index in [2.05, 4.69) is 10.3 Å². The van der Waals surface area contributed by atoms with E-state index in [1.807, 2.05) is 65.4 Å². The average molecular weight is 495 g/mol. The first-order valence-electron chi connectivity index (χ1n) is 11.3. The van der Waals surface area contributed by atoms with E-state index in [0.29, 0.717) is 18.9 Å². The highest BCUT2D eigenvalue weighted by Crippen LogP contribution is 2.27. The average Bonchev–Trinajstić information content (AvgIpc) is 3.57. The normalized spacial score (nSPS) is 11.2. The molecule has 9 heteroatoms. The molecule has 0 saturated carbocycles. The first-order valence-corrected chi connectivity index (χ1v) is 11.3. The zero-order valence-corrected chi connectivity index (χ0v) is 19.4. The molecular weight excluding hydrogens is 474 g/mol. The Hall–Kier alpha value is -5.18. The van der Waals surface area contributed by atoms with Crippen LogP contribution < -0.4 is 0 Å². The molecular formula is C28H21N3O6. The standard InChI is InChI=1S/C28H21N3O6/c32-27(33)23-8-9-25-21(15-23)10-12-31(25)13-11-29-36-17-18-4-6-19(7-5-18)20-2-1-3-22(14-20)26-16-24(28(34)35)30-37-26/h1-12,14-16H,13,17H2,(H,32,33)(H,34,35)/b29-11+. The summed E-state index contributed by atoms with van der Waals surface area (Å²) in [5, 5.41) is 26.6. The van der Waals surface area contributed by atoms with Gasteiger partial charge in [-0.25, -0.2) is 9.59 Å². The van der Waals surface area contributed by atoms with Crippen molar-refractivity contribution in [2.45, 2.75) is 13.2 Å². The highest BCUT2D eigenvalue weighted by Gasteiger charge is 2.13. The van der Waals surface area contributed by atoms with Crippen molar-refractivity contribution in [1.82, 2.24) is 9.72 Å². The number of hydrogen-bond acceptors (Lipinski definition) is 6. The third-order valence-corrected chi connectivity index (χ3v) is 5.84. The number of aromatic carboxylic acids is 2. The van der Waals surface area contributed by atoms with Gasteiger partial charge in [0, 0.05) is 28.7 Å². The molecule has 0 unspecified atom stereocenters. The van der Waals surface area contributed by atoms with Crippen LogP contribution in [0.25, 0.3) is 33.4 Å². The molecule has 0 aliphatic carbocycles. The fourth-order valence-electron chi connectivity index (χ4n) is 3.94. The molecule has 0 fully saturated rings. The molecule has 9 nitrogen and oxygen atoms in total. The van der Waals surface area contributed by atoms with E-state index in [1.54, 1.807) is 24.4 Å². The third-order valence-electron chi connectivity index (χ3n) is 5.84. The molecule has 0 aliphatic heterocycles. The summed E-state index contributed by atoms with van der Waals surface area (Å²) in [4.78, 5) is 27.6. The van der Waals surface area contributed by atoms with Gasteiger partial charge in [-0.3, -0.25) is 0 Å². The molecule has 0 saturated heterocycles. The number of carbonyl (C=O) groups is 2. The number of hydrogen-bond donors (Lipinski definition) is 2. The summed E-state index contributed by atoms with van der Waals surface area (Å²) >= 11 is 0. The second-order valence-corrected chi connectivity index (χ2v) is 8.27. The maximum atomic E-state index is 11.1. The Morgan fingerprint density at radius 3 is 2.49 bits per heavy atom. The molecule has 2 aromatic heterocycles. The zero-order valence-electron chi connectivity index (χ0n) is 19.4. The molecule has 2 N–H and O–H groups in total. The van der Waals surface area contributed by atoms with Gasteiger partial charge in [-0.1, -0.05) is 52.8 Å². The van der Waals surface area contributed by atoms with Crippen LogP contribution >= 0.6 is 0 Å². The van der Waals surface area contributed by atoms with Crippen molar-refractivity contribution in [3.8, 4) is 22.5 Å². The van der Waals surface area contributed by atoms with Crippen molar-refractivity contribution in [1.29, 1.82) is 0 Å². The predicted octanol–water partition coefficient (Wildman–Crippen LogP) is 5.56. The lowest BCUT2D eigenvalue weighted by Gasteiger charge is -2.06. The largest absolute Gasteiger partial charge is 0.478 e. The van der Waals surface area contributed by atoms with Crippen molar-refractivity contribution >= 4 is 29.1 Å². The first kappa shape index (κ1) is 23.6. The summed E-state index contributed by atoms with van der Waals surface area (Å²) in [5.41, 5.74) is 4.65. The van der Waals surface area contributed by atoms with E-state index in [9.17, 15) is 9.59 Å². The van der Waals surface area contributed by atoms with E-state index in [0.717, 1.165) is 33.2 Å². The Kier molecular flexibility index (Phi) is 6.50. The molecule has 0 atom stereocenters. The second kappa shape index (κ2) is 10.2. The Morgan fingerprint density at radius 1 is 0.919 bits per heavy atom. The van der Waals surface area contributed by atoms with Gasteiger partial charge in [0.2, 0.25) is 0 Å². The first-order chi connectivity index (χ1) is 18.0. The quantitative estimate of drug-likeness (QED) is 0.202. The molecule has 37 heavy (non-hydrogen) atoms. The highest BCUT2D eigenvalue weighted by molar-refractivity contribution is 5.93. The van der Waals surface area contributed by atoms with Crippen LogP contribution in [0, 0.1) is 0 Å². The molecule has 0 amide bonds. The molecule has 0 aliphatic rings. The SMILES string of the molecule is O=C(O)c1ccc2c(ccn2C/C=N/OCc2ccc(-c3cccc(-c4cc(C(=O)O)no4)c3)cc2)c1. The van der Waals surface area contributed by atoms with Crippen LogP contribution in [0.4, 0.5) is 0 Å². The zero-order chi connectivity index (χ0) is 25.8. The van der Waals surface area contributed by atoms with Crippen LogP contribution in [-0.2, 0) is 18.0 Å². The van der Waals surface area contributed by atoms with Crippen molar-refractivity contribution in [2.75, 3.05) is 0 Å². The minimum Gasteiger partial charge on any atom is -0.478 e. The van der Waals surface area contributed by atoms with E-state index in [1.165, 1.54) is 6.07 Å². The minimum atomic E-state index is -1.14. The Morgan fingerprint density at radius 2 is 1.73 bits per heavy atom. The number of nitrogens with zero attached hydrogens (tertiary/aromatic N) is 3. The molecule has 2 heterocycles. The molecule has 0 radical (unpaired) electrons. The number of carboxylic acids is 2. The second-order valence-electron chi connectivity index (χ2n) is 8.27. The van der Waals surface area contributed by atoms with Crippen LogP contribution in [0.5, 0.6) is 0 Å². The van der Waals surface area contributed by atoms with Crippen LogP contribution in [0.2, 0.25) is 0 Å². The van der Waals surface area contributed by atoms with E-state index in [4.69, 9.17) is 19.6 Å². The van der Waals surface area contributed by atoms with Gasteiger partial charge in [-0.2, -0.15) is 0 Å². The van der Waals surface area contributed by atoms with Crippen molar-refractivity contribution < 1.29 is 29.2 Å². The fourth-order valence-corrected chi connectivity index (χ4v) is 3.94. The molecule has 0 spiro atoms. The van der Waals surface area contributed by atoms with Crippen molar-refractivity contribution in [3.63, 3.8) is 0 Å². The lowest BCUT2D eigenvalue weighted by atomic mass is 10.0. The van der Waals surface area contributed by atoms with Crippen LogP contribution in [-0.4, -0.2) is 38.1 Å². The molecule has 184 valence electrons. The maximum Gasteiger partial charge on any atom is 0.358 e. The van der Waals surface area contributed by atoms with Gasteiger partial charge in [0.05, 0.1) is 18.3 Å². The Bertz CT molecular complexity index is 1610. The lowest BCUT2D eigenvalue weighted by molar-refractivity contribution is 0.0679. The topological polar surface area (TPSA) is 127 Å². The number of fused-ring (bicyclic) bond motifs is 1. The monoisotopic (exact) mass is 495 g/mol. The van der Waals surface area contributed by atoms with Gasteiger partial charge in [0.15, 0.2) is 11.5 Å². The number of carboxylic acid groups (broad SMARTS) is 2. The summed E-state index contributed by atoms with van der Waals surface area (Å²) in [6.45, 7) is 0.797. The summed E-state index contributed by atoms with van der Waals surface area (Å²) in [6, 6.07) is 23.7. The number of rotatable bonds is 9. The Balaban J connectivity index is 1.18.